The van der Waals surface area contributed by atoms with E-state index in [9.17, 15) is 18.3 Å². The van der Waals surface area contributed by atoms with Crippen LogP contribution in [0, 0.1) is 17.2 Å². The minimum absolute atomic E-state index is 0.179. The molecule has 4 rings (SSSR count). The van der Waals surface area contributed by atoms with Gasteiger partial charge in [-0.3, -0.25) is 0 Å². The van der Waals surface area contributed by atoms with Crippen LogP contribution >= 0.6 is 0 Å². The number of hydrogen-bond donors (Lipinski definition) is 2. The third-order valence-corrected chi connectivity index (χ3v) is 6.72. The smallest absolute Gasteiger partial charge is 0.490 e. The Balaban J connectivity index is 0.000000532. The van der Waals surface area contributed by atoms with Crippen LogP contribution in [-0.2, 0) is 10.4 Å². The van der Waals surface area contributed by atoms with E-state index in [0.717, 1.165) is 55.8 Å². The van der Waals surface area contributed by atoms with Crippen LogP contribution < -0.4 is 4.74 Å². The van der Waals surface area contributed by atoms with Gasteiger partial charge in [-0.1, -0.05) is 60.7 Å². The highest BCUT2D eigenvalue weighted by Crippen LogP contribution is 2.41. The van der Waals surface area contributed by atoms with Gasteiger partial charge in [0.2, 0.25) is 0 Å². The normalized spacial score (nSPS) is 14.5. The third kappa shape index (κ3) is 8.31. The molecule has 1 heterocycles. The number of halogens is 3. The summed E-state index contributed by atoms with van der Waals surface area (Å²) in [7, 11) is 0. The average Bonchev–Trinajstić information content (AvgIpc) is 2.96. The molecule has 206 valence electrons. The summed E-state index contributed by atoms with van der Waals surface area (Å²) in [4.78, 5) is 11.4. The highest BCUT2D eigenvalue weighted by atomic mass is 19.4. The number of aliphatic hydroxyl groups is 1. The van der Waals surface area contributed by atoms with Gasteiger partial charge in [0.25, 0.3) is 0 Å². The fourth-order valence-corrected chi connectivity index (χ4v) is 4.70. The van der Waals surface area contributed by atoms with E-state index in [1.165, 1.54) is 0 Å². The monoisotopic (exact) mass is 540 g/mol. The number of nitriles is 1. The van der Waals surface area contributed by atoms with E-state index in [-0.39, 0.29) is 5.92 Å². The molecular formula is C30H31F3N2O4. The van der Waals surface area contributed by atoms with E-state index in [1.807, 2.05) is 72.8 Å². The maximum atomic E-state index is 12.0. The van der Waals surface area contributed by atoms with Gasteiger partial charge in [0.05, 0.1) is 18.2 Å². The lowest BCUT2D eigenvalue weighted by Gasteiger charge is -2.42. The van der Waals surface area contributed by atoms with Gasteiger partial charge in [-0.15, -0.1) is 0 Å². The zero-order valence-corrected chi connectivity index (χ0v) is 21.3. The Bertz CT molecular complexity index is 1170. The van der Waals surface area contributed by atoms with Crippen molar-refractivity contribution < 1.29 is 32.9 Å². The summed E-state index contributed by atoms with van der Waals surface area (Å²) in [5.74, 6) is -1.77. The third-order valence-electron chi connectivity index (χ3n) is 6.72. The van der Waals surface area contributed by atoms with Crippen molar-refractivity contribution in [3.8, 4) is 11.8 Å². The van der Waals surface area contributed by atoms with Gasteiger partial charge in [-0.25, -0.2) is 4.79 Å². The number of carboxylic acid groups (broad SMARTS) is 1. The quantitative estimate of drug-likeness (QED) is 0.361. The van der Waals surface area contributed by atoms with E-state index in [0.29, 0.717) is 12.2 Å². The van der Waals surface area contributed by atoms with Crippen LogP contribution in [0.3, 0.4) is 0 Å². The number of carbonyl (C=O) groups is 1. The van der Waals surface area contributed by atoms with Crippen molar-refractivity contribution in [1.29, 1.82) is 5.26 Å². The van der Waals surface area contributed by atoms with E-state index in [1.54, 1.807) is 12.1 Å². The van der Waals surface area contributed by atoms with E-state index in [4.69, 9.17) is 19.9 Å². The molecule has 0 atom stereocenters. The maximum absolute atomic E-state index is 12.0. The molecule has 1 saturated heterocycles. The molecule has 0 spiro atoms. The number of likely N-dealkylation sites (tertiary alicyclic amines) is 1. The van der Waals surface area contributed by atoms with Crippen molar-refractivity contribution >= 4 is 5.97 Å². The topological polar surface area (TPSA) is 93.8 Å². The number of hydrogen-bond acceptors (Lipinski definition) is 5. The number of aliphatic carboxylic acids is 1. The Morgan fingerprint density at radius 3 is 1.85 bits per heavy atom. The van der Waals surface area contributed by atoms with Crippen molar-refractivity contribution in [1.82, 2.24) is 4.90 Å². The molecule has 0 aliphatic carbocycles. The zero-order chi connectivity index (χ0) is 28.3. The lowest BCUT2D eigenvalue weighted by molar-refractivity contribution is -0.192. The first-order chi connectivity index (χ1) is 18.6. The second-order valence-electron chi connectivity index (χ2n) is 9.26. The number of alkyl halides is 3. The molecule has 0 saturated carbocycles. The van der Waals surface area contributed by atoms with Gasteiger partial charge in [0.15, 0.2) is 0 Å². The molecule has 1 aliphatic rings. The molecule has 0 radical (unpaired) electrons. The molecule has 0 aromatic heterocycles. The predicted octanol–water partition coefficient (Wildman–Crippen LogP) is 5.61. The number of piperidine rings is 1. The molecule has 3 aromatic rings. The number of carboxylic acids is 1. The number of rotatable bonds is 8. The largest absolute Gasteiger partial charge is 0.494 e. The summed E-state index contributed by atoms with van der Waals surface area (Å²) in [6.45, 7) is 3.59. The van der Waals surface area contributed by atoms with E-state index < -0.39 is 17.7 Å². The Morgan fingerprint density at radius 2 is 1.41 bits per heavy atom. The fraction of sp³-hybridized carbons (Fsp3) is 0.333. The molecule has 9 heteroatoms. The number of nitrogens with zero attached hydrogens (tertiary/aromatic N) is 2. The first-order valence-electron chi connectivity index (χ1n) is 12.6. The van der Waals surface area contributed by atoms with Gasteiger partial charge < -0.3 is 19.8 Å². The first-order valence-corrected chi connectivity index (χ1v) is 12.6. The molecular weight excluding hydrogens is 509 g/mol. The standard InChI is InChI=1S/C28H30N2O2.C2HF3O2/c29-22-23-12-14-27(15-13-23)32-21-7-18-30-19-16-26(17-20-30)28(31,24-8-3-1-4-9-24)25-10-5-2-6-11-25;3-2(4,5)1(6)7/h1-6,8-15,26,31H,7,16-21H2;(H,6,7). The Hall–Kier alpha value is -3.87. The van der Waals surface area contributed by atoms with Crippen LogP contribution in [0.2, 0.25) is 0 Å². The molecule has 1 aliphatic heterocycles. The maximum Gasteiger partial charge on any atom is 0.490 e. The van der Waals surface area contributed by atoms with Crippen molar-refractivity contribution in [2.24, 2.45) is 5.92 Å². The average molecular weight is 541 g/mol. The highest BCUT2D eigenvalue weighted by molar-refractivity contribution is 5.73. The van der Waals surface area contributed by atoms with Gasteiger partial charge >= 0.3 is 12.1 Å². The van der Waals surface area contributed by atoms with Crippen LogP contribution in [0.15, 0.2) is 84.9 Å². The second kappa shape index (κ2) is 13.8. The lowest BCUT2D eigenvalue weighted by Crippen LogP contribution is -2.44. The van der Waals surface area contributed by atoms with Gasteiger partial charge in [-0.05, 0) is 73.7 Å². The Labute approximate surface area is 225 Å². The van der Waals surface area contributed by atoms with E-state index >= 15 is 0 Å². The van der Waals surface area contributed by atoms with Crippen LogP contribution in [0.1, 0.15) is 36.0 Å². The van der Waals surface area contributed by atoms with E-state index in [2.05, 4.69) is 11.0 Å². The Morgan fingerprint density at radius 1 is 0.923 bits per heavy atom. The fourth-order valence-electron chi connectivity index (χ4n) is 4.70. The highest BCUT2D eigenvalue weighted by Gasteiger charge is 2.41. The predicted molar refractivity (Wildman–Crippen MR) is 140 cm³/mol. The zero-order valence-electron chi connectivity index (χ0n) is 21.3. The summed E-state index contributed by atoms with van der Waals surface area (Å²) < 4.78 is 37.5. The summed E-state index contributed by atoms with van der Waals surface area (Å²) in [5, 5.41) is 28.0. The van der Waals surface area contributed by atoms with Crippen molar-refractivity contribution in [3.05, 3.63) is 102 Å². The number of benzene rings is 3. The molecule has 39 heavy (non-hydrogen) atoms. The summed E-state index contributed by atoms with van der Waals surface area (Å²) in [6, 6.07) is 29.6. The molecule has 1 fully saturated rings. The van der Waals surface area contributed by atoms with Gasteiger partial charge in [0.1, 0.15) is 11.4 Å². The molecule has 0 bridgehead atoms. The van der Waals surface area contributed by atoms with Crippen LogP contribution in [-0.4, -0.2) is 53.5 Å². The molecule has 2 N–H and O–H groups in total. The van der Waals surface area contributed by atoms with Gasteiger partial charge in [-0.2, -0.15) is 18.4 Å². The van der Waals surface area contributed by atoms with Crippen LogP contribution in [0.25, 0.3) is 0 Å². The molecule has 6 nitrogen and oxygen atoms in total. The van der Waals surface area contributed by atoms with Gasteiger partial charge in [0, 0.05) is 6.54 Å². The van der Waals surface area contributed by atoms with Crippen LogP contribution in [0.5, 0.6) is 5.75 Å². The van der Waals surface area contributed by atoms with Crippen LogP contribution in [0.4, 0.5) is 13.2 Å². The molecule has 3 aromatic carbocycles. The van der Waals surface area contributed by atoms with Crippen molar-refractivity contribution in [3.63, 3.8) is 0 Å². The number of ether oxygens (including phenoxy) is 1. The first kappa shape index (κ1) is 29.7. The van der Waals surface area contributed by atoms with Crippen molar-refractivity contribution in [2.45, 2.75) is 31.0 Å². The summed E-state index contributed by atoms with van der Waals surface area (Å²) in [5.41, 5.74) is 1.62. The second-order valence-corrected chi connectivity index (χ2v) is 9.26. The molecule has 0 unspecified atom stereocenters. The minimum Gasteiger partial charge on any atom is -0.494 e. The molecule has 0 amide bonds. The summed E-state index contributed by atoms with van der Waals surface area (Å²) in [6.07, 6.45) is -2.22. The minimum atomic E-state index is -5.08. The lowest BCUT2D eigenvalue weighted by atomic mass is 9.72. The summed E-state index contributed by atoms with van der Waals surface area (Å²) >= 11 is 0. The van der Waals surface area contributed by atoms with Crippen molar-refractivity contribution in [2.75, 3.05) is 26.2 Å². The SMILES string of the molecule is N#Cc1ccc(OCCCN2CCC(C(O)(c3ccccc3)c3ccccc3)CC2)cc1.O=C(O)C(F)(F)F. The Kier molecular flexibility index (Phi) is 10.5.